The first-order valence-corrected chi connectivity index (χ1v) is 5.06. The molecule has 0 aliphatic heterocycles. The minimum absolute atomic E-state index is 0.0915. The number of aromatic nitrogens is 1. The molecular formula is C12H14N2O2. The number of rotatable bonds is 3. The van der Waals surface area contributed by atoms with Crippen LogP contribution in [-0.4, -0.2) is 12.3 Å². The van der Waals surface area contributed by atoms with Crippen LogP contribution in [0.1, 0.15) is 18.6 Å². The molecule has 16 heavy (non-hydrogen) atoms. The van der Waals surface area contributed by atoms with Gasteiger partial charge in [0.05, 0.1) is 6.10 Å². The van der Waals surface area contributed by atoms with Crippen LogP contribution in [0, 0.1) is 0 Å². The minimum atomic E-state index is 0.0915. The first-order valence-electron chi connectivity index (χ1n) is 5.06. The second-order valence-corrected chi connectivity index (χ2v) is 3.62. The highest BCUT2D eigenvalue weighted by Crippen LogP contribution is 2.24. The summed E-state index contributed by atoms with van der Waals surface area (Å²) in [5.41, 5.74) is 7.57. The van der Waals surface area contributed by atoms with Crippen LogP contribution in [0.2, 0.25) is 0 Å². The van der Waals surface area contributed by atoms with Crippen LogP contribution in [0.15, 0.2) is 34.9 Å². The van der Waals surface area contributed by atoms with Crippen molar-refractivity contribution in [2.75, 3.05) is 12.8 Å². The standard InChI is InChI=1S/C12H14N2O2/c1-8(15-2)9-3-5-10(6-4-9)11-7-12(13)14-16-11/h3-8H,1-2H3,(H2,13,14). The maximum Gasteiger partial charge on any atom is 0.169 e. The van der Waals surface area contributed by atoms with Crippen molar-refractivity contribution < 1.29 is 9.26 Å². The van der Waals surface area contributed by atoms with Gasteiger partial charge >= 0.3 is 0 Å². The molecular weight excluding hydrogens is 204 g/mol. The Morgan fingerprint density at radius 3 is 2.50 bits per heavy atom. The molecule has 0 bridgehead atoms. The van der Waals surface area contributed by atoms with E-state index in [1.165, 1.54) is 0 Å². The number of nitrogens with zero attached hydrogens (tertiary/aromatic N) is 1. The Bertz CT molecular complexity index is 462. The van der Waals surface area contributed by atoms with E-state index in [1.807, 2.05) is 31.2 Å². The lowest BCUT2D eigenvalue weighted by atomic mass is 10.1. The van der Waals surface area contributed by atoms with E-state index in [1.54, 1.807) is 13.2 Å². The van der Waals surface area contributed by atoms with Crippen LogP contribution in [0.3, 0.4) is 0 Å². The smallest absolute Gasteiger partial charge is 0.169 e. The highest BCUT2D eigenvalue weighted by atomic mass is 16.5. The van der Waals surface area contributed by atoms with E-state index >= 15 is 0 Å². The summed E-state index contributed by atoms with van der Waals surface area (Å²) in [5, 5.41) is 3.64. The molecule has 2 rings (SSSR count). The third-order valence-corrected chi connectivity index (χ3v) is 2.55. The zero-order valence-corrected chi connectivity index (χ0v) is 9.31. The van der Waals surface area contributed by atoms with Crippen molar-refractivity contribution in [1.82, 2.24) is 5.16 Å². The van der Waals surface area contributed by atoms with E-state index in [-0.39, 0.29) is 6.10 Å². The van der Waals surface area contributed by atoms with Gasteiger partial charge in [0.15, 0.2) is 11.6 Å². The summed E-state index contributed by atoms with van der Waals surface area (Å²) >= 11 is 0. The number of hydrogen-bond donors (Lipinski definition) is 1. The summed E-state index contributed by atoms with van der Waals surface area (Å²) in [6.45, 7) is 2.00. The largest absolute Gasteiger partial charge is 0.381 e. The van der Waals surface area contributed by atoms with E-state index < -0.39 is 0 Å². The van der Waals surface area contributed by atoms with Gasteiger partial charge < -0.3 is 15.0 Å². The lowest BCUT2D eigenvalue weighted by Crippen LogP contribution is -1.94. The van der Waals surface area contributed by atoms with Crippen LogP contribution in [-0.2, 0) is 4.74 Å². The SMILES string of the molecule is COC(C)c1ccc(-c2cc(N)no2)cc1. The topological polar surface area (TPSA) is 61.3 Å². The van der Waals surface area contributed by atoms with Crippen molar-refractivity contribution in [2.45, 2.75) is 13.0 Å². The second kappa shape index (κ2) is 4.37. The number of methoxy groups -OCH3 is 1. The average molecular weight is 218 g/mol. The Morgan fingerprint density at radius 1 is 1.31 bits per heavy atom. The minimum Gasteiger partial charge on any atom is -0.381 e. The third kappa shape index (κ3) is 2.06. The Kier molecular flexibility index (Phi) is 2.92. The third-order valence-electron chi connectivity index (χ3n) is 2.55. The van der Waals surface area contributed by atoms with Gasteiger partial charge in [-0.2, -0.15) is 0 Å². The van der Waals surface area contributed by atoms with Gasteiger partial charge in [0, 0.05) is 18.7 Å². The maximum atomic E-state index is 5.49. The molecule has 1 heterocycles. The molecule has 2 N–H and O–H groups in total. The molecule has 1 unspecified atom stereocenters. The number of anilines is 1. The zero-order valence-electron chi connectivity index (χ0n) is 9.31. The van der Waals surface area contributed by atoms with Gasteiger partial charge in [0.2, 0.25) is 0 Å². The van der Waals surface area contributed by atoms with E-state index in [4.69, 9.17) is 15.0 Å². The van der Waals surface area contributed by atoms with Gasteiger partial charge in [-0.25, -0.2) is 0 Å². The lowest BCUT2D eigenvalue weighted by molar-refractivity contribution is 0.119. The molecule has 0 spiro atoms. The van der Waals surface area contributed by atoms with Crippen molar-refractivity contribution in [1.29, 1.82) is 0 Å². The van der Waals surface area contributed by atoms with Crippen LogP contribution in [0.4, 0.5) is 5.82 Å². The van der Waals surface area contributed by atoms with Crippen LogP contribution in [0.25, 0.3) is 11.3 Å². The molecule has 0 aliphatic carbocycles. The molecule has 1 aromatic heterocycles. The number of nitrogen functional groups attached to an aromatic ring is 1. The lowest BCUT2D eigenvalue weighted by Gasteiger charge is -2.09. The number of ether oxygens (including phenoxy) is 1. The highest BCUT2D eigenvalue weighted by molar-refractivity contribution is 5.60. The molecule has 4 nitrogen and oxygen atoms in total. The molecule has 1 atom stereocenters. The summed E-state index contributed by atoms with van der Waals surface area (Å²) in [7, 11) is 1.69. The van der Waals surface area contributed by atoms with Crippen molar-refractivity contribution >= 4 is 5.82 Å². The van der Waals surface area contributed by atoms with E-state index in [2.05, 4.69) is 5.16 Å². The van der Waals surface area contributed by atoms with Crippen molar-refractivity contribution in [3.8, 4) is 11.3 Å². The molecule has 84 valence electrons. The van der Waals surface area contributed by atoms with Gasteiger partial charge in [-0.1, -0.05) is 29.4 Å². The van der Waals surface area contributed by atoms with Gasteiger partial charge in [-0.3, -0.25) is 0 Å². The van der Waals surface area contributed by atoms with Gasteiger partial charge in [-0.05, 0) is 12.5 Å². The van der Waals surface area contributed by atoms with Crippen molar-refractivity contribution in [2.24, 2.45) is 0 Å². The fraction of sp³-hybridized carbons (Fsp3) is 0.250. The summed E-state index contributed by atoms with van der Waals surface area (Å²) < 4.78 is 10.3. The normalized spacial score (nSPS) is 12.6. The Hall–Kier alpha value is -1.81. The number of benzene rings is 1. The predicted molar refractivity (Wildman–Crippen MR) is 61.8 cm³/mol. The number of hydrogen-bond acceptors (Lipinski definition) is 4. The Balaban J connectivity index is 2.25. The Labute approximate surface area is 94.0 Å². The van der Waals surface area contributed by atoms with Gasteiger partial charge in [0.1, 0.15) is 0 Å². The quantitative estimate of drug-likeness (QED) is 0.860. The van der Waals surface area contributed by atoms with Crippen molar-refractivity contribution in [3.63, 3.8) is 0 Å². The predicted octanol–water partition coefficient (Wildman–Crippen LogP) is 2.63. The fourth-order valence-electron chi connectivity index (χ4n) is 1.48. The molecule has 0 radical (unpaired) electrons. The van der Waals surface area contributed by atoms with Crippen LogP contribution in [0.5, 0.6) is 0 Å². The van der Waals surface area contributed by atoms with Gasteiger partial charge in [-0.15, -0.1) is 0 Å². The average Bonchev–Trinajstić information content (AvgIpc) is 2.75. The zero-order chi connectivity index (χ0) is 11.5. The summed E-state index contributed by atoms with van der Waals surface area (Å²) in [4.78, 5) is 0. The summed E-state index contributed by atoms with van der Waals surface area (Å²) in [6, 6.07) is 9.63. The summed E-state index contributed by atoms with van der Waals surface area (Å²) in [6.07, 6.45) is 0.0915. The Morgan fingerprint density at radius 2 is 2.00 bits per heavy atom. The molecule has 1 aromatic carbocycles. The molecule has 0 saturated heterocycles. The second-order valence-electron chi connectivity index (χ2n) is 3.62. The highest BCUT2D eigenvalue weighted by Gasteiger charge is 2.07. The van der Waals surface area contributed by atoms with Crippen LogP contribution < -0.4 is 5.73 Å². The van der Waals surface area contributed by atoms with Crippen molar-refractivity contribution in [3.05, 3.63) is 35.9 Å². The molecule has 4 heteroatoms. The first kappa shape index (κ1) is 10.7. The molecule has 2 aromatic rings. The molecule has 0 amide bonds. The molecule has 0 aliphatic rings. The monoisotopic (exact) mass is 218 g/mol. The van der Waals surface area contributed by atoms with E-state index in [0.29, 0.717) is 11.6 Å². The summed E-state index contributed by atoms with van der Waals surface area (Å²) in [5.74, 6) is 1.07. The molecule has 0 saturated carbocycles. The molecule has 0 fully saturated rings. The fourth-order valence-corrected chi connectivity index (χ4v) is 1.48. The van der Waals surface area contributed by atoms with Crippen LogP contribution >= 0.6 is 0 Å². The van der Waals surface area contributed by atoms with Gasteiger partial charge in [0.25, 0.3) is 0 Å². The van der Waals surface area contributed by atoms with E-state index in [9.17, 15) is 0 Å². The van der Waals surface area contributed by atoms with E-state index in [0.717, 1.165) is 11.1 Å². The number of nitrogens with two attached hydrogens (primary N) is 1. The first-order chi connectivity index (χ1) is 7.70. The maximum absolute atomic E-state index is 5.49.